The molecule has 0 aromatic rings. The molecular weight excluding hydrogens is 251 g/mol. The van der Waals surface area contributed by atoms with Crippen LogP contribution in [0.5, 0.6) is 0 Å². The molecule has 0 aromatic heterocycles. The average Bonchev–Trinajstić information content (AvgIpc) is 2.16. The van der Waals surface area contributed by atoms with Crippen LogP contribution in [0.4, 0.5) is 13.2 Å². The van der Waals surface area contributed by atoms with Crippen LogP contribution in [0.3, 0.4) is 0 Å². The van der Waals surface area contributed by atoms with Gasteiger partial charge in [-0.1, -0.05) is 0 Å². The Morgan fingerprint density at radius 2 is 1.88 bits per heavy atom. The fourth-order valence-corrected chi connectivity index (χ4v) is 2.74. The Morgan fingerprint density at radius 3 is 2.31 bits per heavy atom. The number of aliphatic carboxylic acids is 1. The minimum absolute atomic E-state index is 0.0266. The minimum atomic E-state index is -5.54. The lowest BCUT2D eigenvalue weighted by Crippen LogP contribution is -2.52. The molecule has 1 saturated heterocycles. The van der Waals surface area contributed by atoms with E-state index in [1.54, 1.807) is 0 Å². The predicted octanol–water partition coefficient (Wildman–Crippen LogP) is 0.775. The maximum absolute atomic E-state index is 12.2. The minimum Gasteiger partial charge on any atom is -0.480 e. The molecule has 0 spiro atoms. The normalized spacial score (nSPS) is 24.3. The van der Waals surface area contributed by atoms with Crippen LogP contribution in [0.1, 0.15) is 19.3 Å². The topological polar surface area (TPSA) is 74.7 Å². The van der Waals surface area contributed by atoms with Gasteiger partial charge in [0.1, 0.15) is 6.04 Å². The Balaban J connectivity index is 3.05. The van der Waals surface area contributed by atoms with Crippen LogP contribution in [0.2, 0.25) is 0 Å². The third kappa shape index (κ3) is 2.29. The van der Waals surface area contributed by atoms with Gasteiger partial charge in [-0.2, -0.15) is 17.5 Å². The van der Waals surface area contributed by atoms with Crippen molar-refractivity contribution < 1.29 is 31.5 Å². The Morgan fingerprint density at radius 1 is 1.31 bits per heavy atom. The number of carbonyl (C=O) groups is 1. The van der Waals surface area contributed by atoms with Crippen molar-refractivity contribution in [2.24, 2.45) is 0 Å². The summed E-state index contributed by atoms with van der Waals surface area (Å²) in [6.45, 7) is -0.404. The molecule has 9 heteroatoms. The van der Waals surface area contributed by atoms with Gasteiger partial charge in [-0.05, 0) is 19.3 Å². The first-order chi connectivity index (χ1) is 7.18. The van der Waals surface area contributed by atoms with E-state index in [-0.39, 0.29) is 17.1 Å². The highest BCUT2D eigenvalue weighted by atomic mass is 32.2. The van der Waals surface area contributed by atoms with Crippen LogP contribution >= 0.6 is 0 Å². The molecule has 0 aromatic carbocycles. The van der Waals surface area contributed by atoms with E-state index < -0.39 is 34.1 Å². The number of carboxylic acids is 1. The lowest BCUT2D eigenvalue weighted by molar-refractivity contribution is -0.142. The Bertz CT molecular complexity index is 378. The molecule has 1 heterocycles. The molecule has 94 valence electrons. The van der Waals surface area contributed by atoms with Crippen LogP contribution < -0.4 is 0 Å². The molecule has 1 atom stereocenters. The zero-order chi connectivity index (χ0) is 12.6. The Kier molecular flexibility index (Phi) is 3.48. The Hall–Kier alpha value is -0.830. The van der Waals surface area contributed by atoms with E-state index in [1.807, 2.05) is 0 Å². The van der Waals surface area contributed by atoms with E-state index in [0.717, 1.165) is 0 Å². The van der Waals surface area contributed by atoms with Gasteiger partial charge in [0.05, 0.1) is 0 Å². The second kappa shape index (κ2) is 4.21. The fourth-order valence-electron chi connectivity index (χ4n) is 1.57. The van der Waals surface area contributed by atoms with Crippen LogP contribution in [-0.2, 0) is 14.8 Å². The summed E-state index contributed by atoms with van der Waals surface area (Å²) < 4.78 is 58.8. The summed E-state index contributed by atoms with van der Waals surface area (Å²) >= 11 is 0. The van der Waals surface area contributed by atoms with Crippen molar-refractivity contribution in [1.82, 2.24) is 4.31 Å². The van der Waals surface area contributed by atoms with Crippen molar-refractivity contribution in [1.29, 1.82) is 0 Å². The van der Waals surface area contributed by atoms with Gasteiger partial charge in [0.15, 0.2) is 0 Å². The molecule has 0 radical (unpaired) electrons. The van der Waals surface area contributed by atoms with Crippen LogP contribution in [0.15, 0.2) is 0 Å². The summed E-state index contributed by atoms with van der Waals surface area (Å²) in [6, 6.07) is -1.61. The predicted molar refractivity (Wildman–Crippen MR) is 47.0 cm³/mol. The third-order valence-corrected chi connectivity index (χ3v) is 3.98. The molecule has 0 amide bonds. The molecule has 1 aliphatic heterocycles. The van der Waals surface area contributed by atoms with Crippen molar-refractivity contribution >= 4 is 16.0 Å². The maximum Gasteiger partial charge on any atom is 0.511 e. The molecule has 0 aliphatic carbocycles. The molecule has 5 nitrogen and oxygen atoms in total. The van der Waals surface area contributed by atoms with Crippen molar-refractivity contribution in [3.63, 3.8) is 0 Å². The number of piperidine rings is 1. The summed E-state index contributed by atoms with van der Waals surface area (Å²) in [7, 11) is -5.54. The molecule has 1 fully saturated rings. The molecule has 0 saturated carbocycles. The monoisotopic (exact) mass is 261 g/mol. The van der Waals surface area contributed by atoms with Gasteiger partial charge < -0.3 is 5.11 Å². The van der Waals surface area contributed by atoms with Crippen LogP contribution in [0, 0.1) is 0 Å². The maximum atomic E-state index is 12.2. The van der Waals surface area contributed by atoms with Gasteiger partial charge >= 0.3 is 21.5 Å². The zero-order valence-corrected chi connectivity index (χ0v) is 8.88. The summed E-state index contributed by atoms with van der Waals surface area (Å²) in [4.78, 5) is 10.7. The second-order valence-corrected chi connectivity index (χ2v) is 5.29. The Labute approximate surface area is 89.9 Å². The highest BCUT2D eigenvalue weighted by Crippen LogP contribution is 2.31. The van der Waals surface area contributed by atoms with E-state index in [2.05, 4.69) is 0 Å². The SMILES string of the molecule is O=C(O)[C@H]1CCCCN1S(=O)(=O)C(F)(F)F. The van der Waals surface area contributed by atoms with Gasteiger partial charge in [-0.15, -0.1) is 0 Å². The average molecular weight is 261 g/mol. The van der Waals surface area contributed by atoms with Gasteiger partial charge in [-0.3, -0.25) is 4.79 Å². The number of carboxylic acid groups (broad SMARTS) is 1. The largest absolute Gasteiger partial charge is 0.511 e. The molecule has 1 N–H and O–H groups in total. The summed E-state index contributed by atoms with van der Waals surface area (Å²) in [5.41, 5.74) is -5.45. The number of rotatable bonds is 2. The van der Waals surface area contributed by atoms with Crippen molar-refractivity contribution in [2.75, 3.05) is 6.54 Å². The number of halogens is 3. The highest BCUT2D eigenvalue weighted by Gasteiger charge is 2.53. The number of hydrogen-bond acceptors (Lipinski definition) is 3. The molecular formula is C7H10F3NO4S. The molecule has 1 aliphatic rings. The van der Waals surface area contributed by atoms with Gasteiger partial charge in [0, 0.05) is 6.54 Å². The number of alkyl halides is 3. The number of hydrogen-bond donors (Lipinski definition) is 1. The lowest BCUT2D eigenvalue weighted by atomic mass is 10.1. The van der Waals surface area contributed by atoms with Crippen molar-refractivity contribution in [2.45, 2.75) is 30.8 Å². The first-order valence-electron chi connectivity index (χ1n) is 4.49. The quantitative estimate of drug-likeness (QED) is 0.797. The van der Waals surface area contributed by atoms with Gasteiger partial charge in [0.2, 0.25) is 0 Å². The number of nitrogens with zero attached hydrogens (tertiary/aromatic N) is 1. The van der Waals surface area contributed by atoms with E-state index in [0.29, 0.717) is 6.42 Å². The highest BCUT2D eigenvalue weighted by molar-refractivity contribution is 7.90. The van der Waals surface area contributed by atoms with E-state index in [4.69, 9.17) is 5.11 Å². The lowest BCUT2D eigenvalue weighted by Gasteiger charge is -2.32. The zero-order valence-electron chi connectivity index (χ0n) is 8.07. The molecule has 0 unspecified atom stereocenters. The summed E-state index contributed by atoms with van der Waals surface area (Å²) in [6.07, 6.45) is 0.546. The standard InChI is InChI=1S/C7H10F3NO4S/c8-7(9,10)16(14,15)11-4-2-1-3-5(11)6(12)13/h5H,1-4H2,(H,12,13)/t5-/m1/s1. The molecule has 16 heavy (non-hydrogen) atoms. The van der Waals surface area contributed by atoms with Crippen molar-refractivity contribution in [3.8, 4) is 0 Å². The van der Waals surface area contributed by atoms with E-state index >= 15 is 0 Å². The van der Waals surface area contributed by atoms with Crippen LogP contribution in [0.25, 0.3) is 0 Å². The smallest absolute Gasteiger partial charge is 0.480 e. The van der Waals surface area contributed by atoms with Gasteiger partial charge in [-0.25, -0.2) is 8.42 Å². The first-order valence-corrected chi connectivity index (χ1v) is 5.93. The summed E-state index contributed by atoms with van der Waals surface area (Å²) in [5, 5.41) is 8.66. The molecule has 1 rings (SSSR count). The second-order valence-electron chi connectivity index (χ2n) is 3.41. The van der Waals surface area contributed by atoms with Crippen LogP contribution in [-0.4, -0.2) is 41.9 Å². The third-order valence-electron chi connectivity index (χ3n) is 2.34. The fraction of sp³-hybridized carbons (Fsp3) is 0.857. The summed E-state index contributed by atoms with van der Waals surface area (Å²) in [5.74, 6) is -1.55. The molecule has 0 bridgehead atoms. The first kappa shape index (κ1) is 13.2. The van der Waals surface area contributed by atoms with Crippen molar-refractivity contribution in [3.05, 3.63) is 0 Å². The van der Waals surface area contributed by atoms with E-state index in [9.17, 15) is 26.4 Å². The van der Waals surface area contributed by atoms with Gasteiger partial charge in [0.25, 0.3) is 0 Å². The van der Waals surface area contributed by atoms with E-state index in [1.165, 1.54) is 0 Å². The number of sulfonamides is 1.